The van der Waals surface area contributed by atoms with Crippen LogP contribution in [0.25, 0.3) is 10.9 Å². The minimum atomic E-state index is -0.759. The van der Waals surface area contributed by atoms with Gasteiger partial charge in [0.1, 0.15) is 16.8 Å². The number of rotatable bonds is 4. The number of nitrogens with zero attached hydrogens (tertiary/aromatic N) is 3. The van der Waals surface area contributed by atoms with Crippen molar-refractivity contribution in [3.63, 3.8) is 0 Å². The maximum Gasteiger partial charge on any atom is 0.407 e. The van der Waals surface area contributed by atoms with Gasteiger partial charge in [-0.1, -0.05) is 0 Å². The van der Waals surface area contributed by atoms with Crippen LogP contribution < -0.4 is 32.0 Å². The van der Waals surface area contributed by atoms with E-state index in [-0.39, 0.29) is 46.3 Å². The Balaban J connectivity index is 1.52. The topological polar surface area (TPSA) is 121 Å². The molecule has 190 valence electrons. The Morgan fingerprint density at radius 2 is 1.89 bits per heavy atom. The second kappa shape index (κ2) is 8.17. The van der Waals surface area contributed by atoms with Crippen LogP contribution in [0, 0.1) is 17.7 Å². The van der Waals surface area contributed by atoms with E-state index in [1.165, 1.54) is 11.7 Å². The number of anilines is 1. The summed E-state index contributed by atoms with van der Waals surface area (Å²) in [6.07, 6.45) is 2.81. The minimum absolute atomic E-state index is 0.0148. The molecule has 2 saturated carbocycles. The van der Waals surface area contributed by atoms with Gasteiger partial charge in [0.05, 0.1) is 12.5 Å². The number of hydrogen-bond donors (Lipinski definition) is 2. The molecule has 3 atom stereocenters. The van der Waals surface area contributed by atoms with E-state index >= 15 is 4.39 Å². The highest BCUT2D eigenvalue weighted by molar-refractivity contribution is 5.91. The van der Waals surface area contributed by atoms with Crippen LogP contribution >= 0.6 is 0 Å². The number of nitrogen functional groups attached to an aromatic ring is 1. The summed E-state index contributed by atoms with van der Waals surface area (Å²) in [7, 11) is 1.41. The fraction of sp³-hybridized carbons (Fsp3) is 0.625. The SMILES string of the molecule is COc1c(N2CC3CCC(NC(=O)OC(C)(C)C)C3C2)c(F)cc2c(=O)n(N)c(=O)n(C3CC3)c12. The van der Waals surface area contributed by atoms with Crippen LogP contribution in [-0.4, -0.2) is 47.2 Å². The van der Waals surface area contributed by atoms with E-state index in [2.05, 4.69) is 5.32 Å². The lowest BCUT2D eigenvalue weighted by Crippen LogP contribution is -2.44. The molecule has 1 aromatic carbocycles. The first-order chi connectivity index (χ1) is 16.5. The molecule has 2 heterocycles. The van der Waals surface area contributed by atoms with Crippen molar-refractivity contribution in [2.24, 2.45) is 11.8 Å². The standard InChI is InChI=1S/C24H32FN5O5/c1-24(2,3)35-22(32)27-17-8-5-12-10-28(11-15(12)17)19-16(25)9-14-18(20(19)34-4)29(13-6-7-13)23(33)30(26)21(14)31/h9,12-13,15,17H,5-8,10-11,26H2,1-4H3,(H,27,32). The zero-order chi connectivity index (χ0) is 25.2. The number of hydrogen-bond acceptors (Lipinski definition) is 7. The molecule has 3 aliphatic rings. The summed E-state index contributed by atoms with van der Waals surface area (Å²) < 4.78 is 28.6. The van der Waals surface area contributed by atoms with Gasteiger partial charge in [0, 0.05) is 31.1 Å². The van der Waals surface area contributed by atoms with Gasteiger partial charge in [-0.05, 0) is 58.4 Å². The summed E-state index contributed by atoms with van der Waals surface area (Å²) in [6, 6.07) is 0.971. The maximum absolute atomic E-state index is 15.6. The van der Waals surface area contributed by atoms with Crippen LogP contribution in [0.15, 0.2) is 15.7 Å². The second-order valence-corrected chi connectivity index (χ2v) is 10.9. The van der Waals surface area contributed by atoms with Crippen molar-refractivity contribution in [1.82, 2.24) is 14.6 Å². The molecule has 0 spiro atoms. The van der Waals surface area contributed by atoms with Crippen LogP contribution in [0.3, 0.4) is 0 Å². The zero-order valence-electron chi connectivity index (χ0n) is 20.5. The van der Waals surface area contributed by atoms with E-state index in [0.717, 1.165) is 31.7 Å². The van der Waals surface area contributed by atoms with Crippen LogP contribution in [0.5, 0.6) is 5.75 Å². The van der Waals surface area contributed by atoms with Crippen LogP contribution in [0.4, 0.5) is 14.9 Å². The Bertz CT molecular complexity index is 1310. The molecule has 3 fully saturated rings. The number of amides is 1. The third-order valence-electron chi connectivity index (χ3n) is 7.28. The van der Waals surface area contributed by atoms with Gasteiger partial charge in [0.25, 0.3) is 5.56 Å². The Hall–Kier alpha value is -3.24. The van der Waals surface area contributed by atoms with Gasteiger partial charge in [-0.3, -0.25) is 9.36 Å². The molecule has 2 aliphatic carbocycles. The summed E-state index contributed by atoms with van der Waals surface area (Å²) in [6.45, 7) is 6.54. The minimum Gasteiger partial charge on any atom is -0.492 e. The molecule has 10 nitrogen and oxygen atoms in total. The fourth-order valence-corrected chi connectivity index (χ4v) is 5.68. The summed E-state index contributed by atoms with van der Waals surface area (Å²) in [5.41, 5.74) is -1.48. The number of benzene rings is 1. The van der Waals surface area contributed by atoms with Crippen LogP contribution in [-0.2, 0) is 4.74 Å². The number of carbonyl (C=O) groups excluding carboxylic acids is 1. The number of alkyl carbamates (subject to hydrolysis) is 1. The van der Waals surface area contributed by atoms with Gasteiger partial charge < -0.3 is 25.5 Å². The summed E-state index contributed by atoms with van der Waals surface area (Å²) in [5, 5.41) is 3.00. The predicted octanol–water partition coefficient (Wildman–Crippen LogP) is 2.10. The first kappa shape index (κ1) is 23.5. The monoisotopic (exact) mass is 489 g/mol. The number of nitrogens with two attached hydrogens (primary N) is 1. The van der Waals surface area contributed by atoms with Crippen molar-refractivity contribution >= 4 is 22.7 Å². The van der Waals surface area contributed by atoms with Crippen molar-refractivity contribution in [3.05, 3.63) is 32.7 Å². The van der Waals surface area contributed by atoms with E-state index in [1.807, 2.05) is 25.7 Å². The quantitative estimate of drug-likeness (QED) is 0.631. The van der Waals surface area contributed by atoms with Gasteiger partial charge in [-0.2, -0.15) is 4.68 Å². The number of methoxy groups -OCH3 is 1. The number of nitrogens with one attached hydrogen (secondary N) is 1. The fourth-order valence-electron chi connectivity index (χ4n) is 5.68. The predicted molar refractivity (Wildman–Crippen MR) is 129 cm³/mol. The van der Waals surface area contributed by atoms with Gasteiger partial charge in [-0.15, -0.1) is 0 Å². The molecular weight excluding hydrogens is 457 g/mol. The summed E-state index contributed by atoms with van der Waals surface area (Å²) >= 11 is 0. The van der Waals surface area contributed by atoms with Gasteiger partial charge >= 0.3 is 11.8 Å². The molecule has 5 rings (SSSR count). The van der Waals surface area contributed by atoms with Gasteiger partial charge in [-0.25, -0.2) is 14.0 Å². The van der Waals surface area contributed by atoms with Crippen molar-refractivity contribution in [2.75, 3.05) is 30.9 Å². The molecule has 11 heteroatoms. The van der Waals surface area contributed by atoms with Gasteiger partial charge in [0.15, 0.2) is 11.6 Å². The molecule has 3 N–H and O–H groups in total. The highest BCUT2D eigenvalue weighted by Gasteiger charge is 2.45. The number of carbonyl (C=O) groups is 1. The highest BCUT2D eigenvalue weighted by Crippen LogP contribution is 2.46. The summed E-state index contributed by atoms with van der Waals surface area (Å²) in [5.74, 6) is 5.66. The van der Waals surface area contributed by atoms with E-state index in [9.17, 15) is 14.4 Å². The molecule has 0 radical (unpaired) electrons. The van der Waals surface area contributed by atoms with E-state index in [0.29, 0.717) is 17.8 Å². The lowest BCUT2D eigenvalue weighted by Gasteiger charge is -2.27. The molecule has 1 aliphatic heterocycles. The van der Waals surface area contributed by atoms with Gasteiger partial charge in [0.2, 0.25) is 0 Å². The Morgan fingerprint density at radius 3 is 2.51 bits per heavy atom. The van der Waals surface area contributed by atoms with Crippen molar-refractivity contribution < 1.29 is 18.7 Å². The molecule has 1 aromatic heterocycles. The lowest BCUT2D eigenvalue weighted by molar-refractivity contribution is 0.0493. The van der Waals surface area contributed by atoms with E-state index in [4.69, 9.17) is 15.3 Å². The average Bonchev–Trinajstić information content (AvgIpc) is 3.41. The highest BCUT2D eigenvalue weighted by atomic mass is 19.1. The molecule has 0 bridgehead atoms. The Kier molecular flexibility index (Phi) is 5.48. The normalized spacial score (nSPS) is 24.0. The van der Waals surface area contributed by atoms with E-state index < -0.39 is 28.8 Å². The largest absolute Gasteiger partial charge is 0.492 e. The molecule has 1 saturated heterocycles. The second-order valence-electron chi connectivity index (χ2n) is 10.9. The zero-order valence-corrected chi connectivity index (χ0v) is 20.5. The lowest BCUT2D eigenvalue weighted by atomic mass is 9.98. The third-order valence-corrected chi connectivity index (χ3v) is 7.28. The molecule has 35 heavy (non-hydrogen) atoms. The smallest absolute Gasteiger partial charge is 0.407 e. The van der Waals surface area contributed by atoms with Crippen LogP contribution in [0.1, 0.15) is 52.5 Å². The van der Waals surface area contributed by atoms with Crippen molar-refractivity contribution in [3.8, 4) is 5.75 Å². The van der Waals surface area contributed by atoms with Crippen molar-refractivity contribution in [2.45, 2.75) is 64.1 Å². The third kappa shape index (κ3) is 4.00. The Labute approximate surface area is 201 Å². The molecular formula is C24H32FN5O5. The van der Waals surface area contributed by atoms with Crippen LogP contribution in [0.2, 0.25) is 0 Å². The number of halogens is 1. The van der Waals surface area contributed by atoms with Crippen molar-refractivity contribution in [1.29, 1.82) is 0 Å². The first-order valence-electron chi connectivity index (χ1n) is 12.1. The van der Waals surface area contributed by atoms with E-state index in [1.54, 1.807) is 0 Å². The maximum atomic E-state index is 15.6. The summed E-state index contributed by atoms with van der Waals surface area (Å²) in [4.78, 5) is 39.9. The number of aromatic nitrogens is 2. The average molecular weight is 490 g/mol. The molecule has 2 aromatic rings. The number of fused-ring (bicyclic) bond motifs is 2. The Morgan fingerprint density at radius 1 is 1.17 bits per heavy atom. The first-order valence-corrected chi connectivity index (χ1v) is 12.1. The number of ether oxygens (including phenoxy) is 2. The molecule has 3 unspecified atom stereocenters. The molecule has 1 amide bonds.